The normalized spacial score (nSPS) is 16.7. The fourth-order valence-corrected chi connectivity index (χ4v) is 4.39. The number of sulfonamides is 1. The predicted octanol–water partition coefficient (Wildman–Crippen LogP) is 2.80. The monoisotopic (exact) mass is 355 g/mol. The van der Waals surface area contributed by atoms with Gasteiger partial charge in [0, 0.05) is 19.1 Å². The second-order valence-corrected chi connectivity index (χ2v) is 7.94. The number of nitrogens with zero attached hydrogens (tertiary/aromatic N) is 1. The standard InChI is InChI=1S/C16H22ClN3O2S/c17-15-11-13(12-18)7-8-16(15)23(21,22)20-10-9-19-14-5-3-1-2-4-6-14/h7-8,11,14,19-20H,1-6,9-10H2. The lowest BCUT2D eigenvalue weighted by Crippen LogP contribution is -2.36. The summed E-state index contributed by atoms with van der Waals surface area (Å²) in [5.41, 5.74) is 0.337. The third-order valence-electron chi connectivity index (χ3n) is 4.06. The molecule has 0 amide bonds. The summed E-state index contributed by atoms with van der Waals surface area (Å²) in [6.45, 7) is 0.910. The van der Waals surface area contributed by atoms with E-state index in [4.69, 9.17) is 16.9 Å². The van der Waals surface area contributed by atoms with Gasteiger partial charge in [0.15, 0.2) is 0 Å². The second kappa shape index (κ2) is 8.65. The Labute approximate surface area is 143 Å². The van der Waals surface area contributed by atoms with Crippen molar-refractivity contribution in [2.45, 2.75) is 49.5 Å². The van der Waals surface area contributed by atoms with Crippen LogP contribution in [0.3, 0.4) is 0 Å². The molecule has 1 aromatic carbocycles. The van der Waals surface area contributed by atoms with Crippen LogP contribution < -0.4 is 10.0 Å². The molecule has 0 radical (unpaired) electrons. The number of nitrogens with one attached hydrogen (secondary N) is 2. The first kappa shape index (κ1) is 18.2. The van der Waals surface area contributed by atoms with Crippen LogP contribution in [0.1, 0.15) is 44.1 Å². The van der Waals surface area contributed by atoms with Crippen LogP contribution in [0.5, 0.6) is 0 Å². The summed E-state index contributed by atoms with van der Waals surface area (Å²) in [6.07, 6.45) is 7.39. The summed E-state index contributed by atoms with van der Waals surface area (Å²) in [7, 11) is -3.66. The van der Waals surface area contributed by atoms with Crippen LogP contribution >= 0.6 is 11.6 Å². The Morgan fingerprint density at radius 1 is 1.17 bits per heavy atom. The minimum atomic E-state index is -3.66. The van der Waals surface area contributed by atoms with Crippen LogP contribution in [0.25, 0.3) is 0 Å². The van der Waals surface area contributed by atoms with Gasteiger partial charge >= 0.3 is 0 Å². The summed E-state index contributed by atoms with van der Waals surface area (Å²) in [5.74, 6) is 0. The molecular formula is C16H22ClN3O2S. The first-order valence-electron chi connectivity index (χ1n) is 7.95. The zero-order valence-electron chi connectivity index (χ0n) is 13.0. The van der Waals surface area contributed by atoms with E-state index in [1.165, 1.54) is 43.9 Å². The number of nitriles is 1. The highest BCUT2D eigenvalue weighted by atomic mass is 35.5. The predicted molar refractivity (Wildman–Crippen MR) is 90.8 cm³/mol. The van der Waals surface area contributed by atoms with Gasteiger partial charge in [-0.25, -0.2) is 13.1 Å². The Hall–Kier alpha value is -1.13. The van der Waals surface area contributed by atoms with Crippen LogP contribution in [-0.2, 0) is 10.0 Å². The molecular weight excluding hydrogens is 334 g/mol. The molecule has 2 rings (SSSR count). The van der Waals surface area contributed by atoms with E-state index in [1.807, 2.05) is 6.07 Å². The zero-order chi connectivity index (χ0) is 16.7. The maximum absolute atomic E-state index is 12.3. The van der Waals surface area contributed by atoms with Crippen LogP contribution in [0.2, 0.25) is 5.02 Å². The zero-order valence-corrected chi connectivity index (χ0v) is 14.6. The average molecular weight is 356 g/mol. The van der Waals surface area contributed by atoms with Gasteiger partial charge in [-0.15, -0.1) is 0 Å². The maximum Gasteiger partial charge on any atom is 0.242 e. The quantitative estimate of drug-likeness (QED) is 0.607. The highest BCUT2D eigenvalue weighted by molar-refractivity contribution is 7.89. The third-order valence-corrected chi connectivity index (χ3v) is 6.00. The number of hydrogen-bond donors (Lipinski definition) is 2. The number of hydrogen-bond acceptors (Lipinski definition) is 4. The van der Waals surface area contributed by atoms with Gasteiger partial charge in [-0.3, -0.25) is 0 Å². The summed E-state index contributed by atoms with van der Waals surface area (Å²) < 4.78 is 27.1. The highest BCUT2D eigenvalue weighted by Crippen LogP contribution is 2.22. The van der Waals surface area contributed by atoms with Gasteiger partial charge in [0.2, 0.25) is 10.0 Å². The van der Waals surface area contributed by atoms with E-state index >= 15 is 0 Å². The smallest absolute Gasteiger partial charge is 0.242 e. The Morgan fingerprint density at radius 3 is 2.48 bits per heavy atom. The van der Waals surface area contributed by atoms with E-state index < -0.39 is 10.0 Å². The third kappa shape index (κ3) is 5.47. The molecule has 0 unspecified atom stereocenters. The van der Waals surface area contributed by atoms with E-state index in [2.05, 4.69) is 10.0 Å². The van der Waals surface area contributed by atoms with Crippen molar-refractivity contribution in [2.24, 2.45) is 0 Å². The lowest BCUT2D eigenvalue weighted by atomic mass is 10.1. The molecule has 23 heavy (non-hydrogen) atoms. The molecule has 0 atom stereocenters. The number of rotatable bonds is 6. The summed E-state index contributed by atoms with van der Waals surface area (Å²) in [5, 5.41) is 12.3. The highest BCUT2D eigenvalue weighted by Gasteiger charge is 2.18. The van der Waals surface area contributed by atoms with Crippen LogP contribution in [0.15, 0.2) is 23.1 Å². The molecule has 0 aliphatic heterocycles. The van der Waals surface area contributed by atoms with E-state index in [-0.39, 0.29) is 9.92 Å². The second-order valence-electron chi connectivity index (χ2n) is 5.80. The number of halogens is 1. The van der Waals surface area contributed by atoms with Crippen molar-refractivity contribution in [3.8, 4) is 6.07 Å². The Kier molecular flexibility index (Phi) is 6.85. The minimum absolute atomic E-state index is 0.00707. The van der Waals surface area contributed by atoms with Crippen molar-refractivity contribution in [3.05, 3.63) is 28.8 Å². The van der Waals surface area contributed by atoms with Crippen molar-refractivity contribution in [1.82, 2.24) is 10.0 Å². The van der Waals surface area contributed by atoms with Gasteiger partial charge < -0.3 is 5.32 Å². The molecule has 1 aliphatic rings. The summed E-state index contributed by atoms with van der Waals surface area (Å²) in [4.78, 5) is 0.00707. The lowest BCUT2D eigenvalue weighted by molar-refractivity contribution is 0.461. The fourth-order valence-electron chi connectivity index (χ4n) is 2.81. The summed E-state index contributed by atoms with van der Waals surface area (Å²) in [6, 6.07) is 6.59. The molecule has 1 aromatic rings. The first-order chi connectivity index (χ1) is 11.0. The molecule has 0 bridgehead atoms. The van der Waals surface area contributed by atoms with E-state index in [0.717, 1.165) is 12.8 Å². The van der Waals surface area contributed by atoms with Gasteiger partial charge in [0.25, 0.3) is 0 Å². The lowest BCUT2D eigenvalue weighted by Gasteiger charge is -2.16. The van der Waals surface area contributed by atoms with Crippen LogP contribution in [0.4, 0.5) is 0 Å². The van der Waals surface area contributed by atoms with Crippen molar-refractivity contribution >= 4 is 21.6 Å². The molecule has 1 aliphatic carbocycles. The van der Waals surface area contributed by atoms with Crippen LogP contribution in [0, 0.1) is 11.3 Å². The minimum Gasteiger partial charge on any atom is -0.313 e. The topological polar surface area (TPSA) is 82.0 Å². The molecule has 0 saturated heterocycles. The molecule has 2 N–H and O–H groups in total. The first-order valence-corrected chi connectivity index (χ1v) is 9.82. The summed E-state index contributed by atoms with van der Waals surface area (Å²) >= 11 is 5.96. The van der Waals surface area contributed by atoms with Gasteiger partial charge in [0.1, 0.15) is 4.90 Å². The van der Waals surface area contributed by atoms with Crippen molar-refractivity contribution < 1.29 is 8.42 Å². The molecule has 5 nitrogen and oxygen atoms in total. The molecule has 1 fully saturated rings. The van der Waals surface area contributed by atoms with Crippen molar-refractivity contribution in [1.29, 1.82) is 5.26 Å². The van der Waals surface area contributed by atoms with Gasteiger partial charge in [-0.05, 0) is 31.0 Å². The fraction of sp³-hybridized carbons (Fsp3) is 0.562. The number of benzene rings is 1. The molecule has 7 heteroatoms. The molecule has 126 valence electrons. The average Bonchev–Trinajstić information content (AvgIpc) is 2.80. The van der Waals surface area contributed by atoms with Crippen molar-refractivity contribution in [2.75, 3.05) is 13.1 Å². The molecule has 1 saturated carbocycles. The van der Waals surface area contributed by atoms with E-state index in [9.17, 15) is 8.42 Å². The Balaban J connectivity index is 1.85. The Bertz CT molecular complexity index is 662. The SMILES string of the molecule is N#Cc1ccc(S(=O)(=O)NCCNC2CCCCCC2)c(Cl)c1. The maximum atomic E-state index is 12.3. The van der Waals surface area contributed by atoms with E-state index in [1.54, 1.807) is 0 Å². The van der Waals surface area contributed by atoms with E-state index in [0.29, 0.717) is 24.7 Å². The van der Waals surface area contributed by atoms with Crippen molar-refractivity contribution in [3.63, 3.8) is 0 Å². The largest absolute Gasteiger partial charge is 0.313 e. The molecule has 0 aromatic heterocycles. The molecule has 0 heterocycles. The molecule has 0 spiro atoms. The Morgan fingerprint density at radius 2 is 1.87 bits per heavy atom. The van der Waals surface area contributed by atoms with Crippen LogP contribution in [-0.4, -0.2) is 27.5 Å². The van der Waals surface area contributed by atoms with Gasteiger partial charge in [-0.2, -0.15) is 5.26 Å². The van der Waals surface area contributed by atoms with Gasteiger partial charge in [0.05, 0.1) is 16.7 Å². The van der Waals surface area contributed by atoms with Gasteiger partial charge in [-0.1, -0.05) is 37.3 Å².